The second-order valence-corrected chi connectivity index (χ2v) is 4.20. The Hall–Kier alpha value is -2.42. The molecule has 0 spiro atoms. The van der Waals surface area contributed by atoms with E-state index >= 15 is 0 Å². The van der Waals surface area contributed by atoms with E-state index in [-0.39, 0.29) is 17.3 Å². The topological polar surface area (TPSA) is 53.6 Å². The molecule has 0 fully saturated rings. The first-order chi connectivity index (χ1) is 9.10. The fraction of sp³-hybridized carbons (Fsp3) is 0.231. The summed E-state index contributed by atoms with van der Waals surface area (Å²) < 4.78 is 29.0. The Morgan fingerprint density at radius 2 is 2.11 bits per heavy atom. The molecule has 1 unspecified atom stereocenters. The van der Waals surface area contributed by atoms with Gasteiger partial charge in [0.05, 0.1) is 18.2 Å². The van der Waals surface area contributed by atoms with Crippen LogP contribution >= 0.6 is 0 Å². The summed E-state index contributed by atoms with van der Waals surface area (Å²) in [6.07, 6.45) is 3.40. The zero-order chi connectivity index (χ0) is 13.8. The molecule has 0 bridgehead atoms. The Morgan fingerprint density at radius 1 is 1.42 bits per heavy atom. The number of nitrogens with one attached hydrogen (secondary N) is 1. The van der Waals surface area contributed by atoms with Crippen molar-refractivity contribution >= 4 is 5.69 Å². The minimum Gasteiger partial charge on any atom is -0.376 e. The first kappa shape index (κ1) is 13.0. The third-order valence-electron chi connectivity index (χ3n) is 2.58. The molecule has 0 aliphatic carbocycles. The summed E-state index contributed by atoms with van der Waals surface area (Å²) in [6.45, 7) is 2.27. The van der Waals surface area contributed by atoms with Crippen molar-refractivity contribution in [2.45, 2.75) is 19.5 Å². The Bertz CT molecular complexity index is 579. The molecular weight excluding hydrogens is 250 g/mol. The quantitative estimate of drug-likeness (QED) is 0.921. The lowest BCUT2D eigenvalue weighted by Crippen LogP contribution is -2.23. The van der Waals surface area contributed by atoms with Crippen LogP contribution in [0.5, 0.6) is 0 Å². The molecule has 0 amide bonds. The first-order valence-electron chi connectivity index (χ1n) is 5.73. The average molecular weight is 262 g/mol. The molecule has 2 aromatic rings. The number of benzene rings is 1. The van der Waals surface area contributed by atoms with Crippen LogP contribution in [0.2, 0.25) is 0 Å². The SMILES string of the molecule is CC(Cn1cccn1)Nc1c(F)cc(C#N)cc1F. The second-order valence-electron chi connectivity index (χ2n) is 4.20. The van der Waals surface area contributed by atoms with Crippen molar-refractivity contribution in [2.24, 2.45) is 0 Å². The summed E-state index contributed by atoms with van der Waals surface area (Å²) in [5.74, 6) is -1.55. The van der Waals surface area contributed by atoms with Crippen LogP contribution in [0.1, 0.15) is 12.5 Å². The maximum atomic E-state index is 13.7. The maximum absolute atomic E-state index is 13.7. The highest BCUT2D eigenvalue weighted by atomic mass is 19.1. The van der Waals surface area contributed by atoms with E-state index in [0.717, 1.165) is 12.1 Å². The summed E-state index contributed by atoms with van der Waals surface area (Å²) in [7, 11) is 0. The first-order valence-corrected chi connectivity index (χ1v) is 5.73. The van der Waals surface area contributed by atoms with Crippen LogP contribution in [0.4, 0.5) is 14.5 Å². The van der Waals surface area contributed by atoms with E-state index in [0.29, 0.717) is 6.54 Å². The van der Waals surface area contributed by atoms with Crippen LogP contribution in [-0.4, -0.2) is 15.8 Å². The molecule has 0 saturated heterocycles. The zero-order valence-corrected chi connectivity index (χ0v) is 10.3. The molecule has 1 aromatic heterocycles. The molecule has 0 radical (unpaired) electrons. The van der Waals surface area contributed by atoms with Crippen LogP contribution in [0, 0.1) is 23.0 Å². The number of anilines is 1. The number of hydrogen-bond acceptors (Lipinski definition) is 3. The molecule has 2 rings (SSSR count). The number of rotatable bonds is 4. The molecule has 0 aliphatic heterocycles. The van der Waals surface area contributed by atoms with Gasteiger partial charge in [0.15, 0.2) is 11.6 Å². The van der Waals surface area contributed by atoms with E-state index < -0.39 is 11.6 Å². The molecule has 98 valence electrons. The predicted molar refractivity (Wildman–Crippen MR) is 66.4 cm³/mol. The summed E-state index contributed by atoms with van der Waals surface area (Å²) >= 11 is 0. The monoisotopic (exact) mass is 262 g/mol. The molecule has 0 saturated carbocycles. The fourth-order valence-electron chi connectivity index (χ4n) is 1.76. The van der Waals surface area contributed by atoms with Crippen molar-refractivity contribution in [3.05, 3.63) is 47.8 Å². The van der Waals surface area contributed by atoms with Gasteiger partial charge in [0.25, 0.3) is 0 Å². The van der Waals surface area contributed by atoms with Gasteiger partial charge in [-0.25, -0.2) is 8.78 Å². The predicted octanol–water partition coefficient (Wildman–Crippen LogP) is 2.53. The van der Waals surface area contributed by atoms with Gasteiger partial charge in [0.2, 0.25) is 0 Å². The highest BCUT2D eigenvalue weighted by molar-refractivity contribution is 5.50. The third-order valence-corrected chi connectivity index (χ3v) is 2.58. The van der Waals surface area contributed by atoms with Gasteiger partial charge >= 0.3 is 0 Å². The lowest BCUT2D eigenvalue weighted by molar-refractivity contribution is 0.543. The number of aromatic nitrogens is 2. The Balaban J connectivity index is 2.13. The molecule has 1 aromatic carbocycles. The van der Waals surface area contributed by atoms with Gasteiger partial charge in [-0.1, -0.05) is 0 Å². The van der Waals surface area contributed by atoms with Gasteiger partial charge < -0.3 is 5.32 Å². The molecule has 6 heteroatoms. The lowest BCUT2D eigenvalue weighted by Gasteiger charge is -2.16. The Kier molecular flexibility index (Phi) is 3.76. The summed E-state index contributed by atoms with van der Waals surface area (Å²) in [6, 6.07) is 5.28. The van der Waals surface area contributed by atoms with E-state index in [4.69, 9.17) is 5.26 Å². The molecule has 1 heterocycles. The number of halogens is 2. The second kappa shape index (κ2) is 5.48. The fourth-order valence-corrected chi connectivity index (χ4v) is 1.76. The average Bonchev–Trinajstić information content (AvgIpc) is 2.86. The molecule has 1 atom stereocenters. The smallest absolute Gasteiger partial charge is 0.150 e. The standard InChI is InChI=1S/C13H12F2N4/c1-9(8-19-4-2-3-17-19)18-13-11(14)5-10(7-16)6-12(13)15/h2-6,9,18H,8H2,1H3. The van der Waals surface area contributed by atoms with Crippen molar-refractivity contribution in [3.8, 4) is 6.07 Å². The van der Waals surface area contributed by atoms with E-state index in [2.05, 4.69) is 10.4 Å². The van der Waals surface area contributed by atoms with Crippen LogP contribution < -0.4 is 5.32 Å². The van der Waals surface area contributed by atoms with Crippen LogP contribution in [0.15, 0.2) is 30.6 Å². The van der Waals surface area contributed by atoms with Crippen molar-refractivity contribution in [1.82, 2.24) is 9.78 Å². The molecule has 19 heavy (non-hydrogen) atoms. The van der Waals surface area contributed by atoms with Gasteiger partial charge in [-0.05, 0) is 25.1 Å². The van der Waals surface area contributed by atoms with E-state index in [1.54, 1.807) is 36.1 Å². The normalized spacial score (nSPS) is 11.9. The Labute approximate surface area is 109 Å². The molecule has 0 aliphatic rings. The highest BCUT2D eigenvalue weighted by Gasteiger charge is 2.13. The molecular formula is C13H12F2N4. The van der Waals surface area contributed by atoms with E-state index in [9.17, 15) is 8.78 Å². The minimum absolute atomic E-state index is 0.0414. The molecule has 1 N–H and O–H groups in total. The molecule has 4 nitrogen and oxygen atoms in total. The van der Waals surface area contributed by atoms with Gasteiger partial charge in [0, 0.05) is 18.4 Å². The number of nitrogens with zero attached hydrogens (tertiary/aromatic N) is 3. The zero-order valence-electron chi connectivity index (χ0n) is 10.3. The number of nitriles is 1. The summed E-state index contributed by atoms with van der Waals surface area (Å²) in [4.78, 5) is 0. The Morgan fingerprint density at radius 3 is 2.63 bits per heavy atom. The maximum Gasteiger partial charge on any atom is 0.150 e. The van der Waals surface area contributed by atoms with Crippen molar-refractivity contribution in [2.75, 3.05) is 5.32 Å². The largest absolute Gasteiger partial charge is 0.376 e. The highest BCUT2D eigenvalue weighted by Crippen LogP contribution is 2.21. The van der Waals surface area contributed by atoms with E-state index in [1.807, 2.05) is 0 Å². The lowest BCUT2D eigenvalue weighted by atomic mass is 10.2. The van der Waals surface area contributed by atoms with Gasteiger partial charge in [-0.2, -0.15) is 10.4 Å². The van der Waals surface area contributed by atoms with Crippen molar-refractivity contribution < 1.29 is 8.78 Å². The van der Waals surface area contributed by atoms with Gasteiger partial charge in [-0.15, -0.1) is 0 Å². The van der Waals surface area contributed by atoms with Crippen LogP contribution in [0.3, 0.4) is 0 Å². The minimum atomic E-state index is -0.774. The third kappa shape index (κ3) is 3.07. The summed E-state index contributed by atoms with van der Waals surface area (Å²) in [5, 5.41) is 15.4. The van der Waals surface area contributed by atoms with Crippen molar-refractivity contribution in [3.63, 3.8) is 0 Å². The van der Waals surface area contributed by atoms with Crippen LogP contribution in [0.25, 0.3) is 0 Å². The van der Waals surface area contributed by atoms with Gasteiger partial charge in [-0.3, -0.25) is 4.68 Å². The van der Waals surface area contributed by atoms with Crippen molar-refractivity contribution in [1.29, 1.82) is 5.26 Å². The van der Waals surface area contributed by atoms with Crippen LogP contribution in [-0.2, 0) is 6.54 Å². The van der Waals surface area contributed by atoms with E-state index in [1.165, 1.54) is 0 Å². The van der Waals surface area contributed by atoms with Gasteiger partial charge in [0.1, 0.15) is 5.69 Å². The summed E-state index contributed by atoms with van der Waals surface area (Å²) in [5.41, 5.74) is -0.265. The number of hydrogen-bond donors (Lipinski definition) is 1.